The van der Waals surface area contributed by atoms with Crippen molar-refractivity contribution in [3.63, 3.8) is 0 Å². The maximum atomic E-state index is 11.5. The standard InChI is InChI=1S/C10H13N3O3/c1-12-10(16)7-3-2-6(11)4-8(7)13-5-9(14)15/h2-4,13H,5,11H2,1H3,(H,12,16)(H,14,15). The van der Waals surface area contributed by atoms with Crippen molar-refractivity contribution < 1.29 is 14.7 Å². The van der Waals surface area contributed by atoms with E-state index in [4.69, 9.17) is 10.8 Å². The molecule has 1 rings (SSSR count). The van der Waals surface area contributed by atoms with E-state index in [9.17, 15) is 9.59 Å². The van der Waals surface area contributed by atoms with Crippen molar-refractivity contribution in [3.05, 3.63) is 23.8 Å². The van der Waals surface area contributed by atoms with E-state index < -0.39 is 5.97 Å². The number of hydrogen-bond acceptors (Lipinski definition) is 4. The van der Waals surface area contributed by atoms with Gasteiger partial charge < -0.3 is 21.5 Å². The molecule has 0 aliphatic heterocycles. The van der Waals surface area contributed by atoms with Gasteiger partial charge in [-0.15, -0.1) is 0 Å². The van der Waals surface area contributed by atoms with Crippen molar-refractivity contribution >= 4 is 23.3 Å². The quantitative estimate of drug-likeness (QED) is 0.543. The Morgan fingerprint density at radius 1 is 1.44 bits per heavy atom. The first kappa shape index (κ1) is 11.8. The lowest BCUT2D eigenvalue weighted by atomic mass is 10.1. The van der Waals surface area contributed by atoms with Gasteiger partial charge in [-0.05, 0) is 18.2 Å². The predicted molar refractivity (Wildman–Crippen MR) is 60.4 cm³/mol. The summed E-state index contributed by atoms with van der Waals surface area (Å²) in [5.41, 5.74) is 6.78. The monoisotopic (exact) mass is 223 g/mol. The number of nitrogen functional groups attached to an aromatic ring is 1. The number of carbonyl (C=O) groups is 2. The maximum absolute atomic E-state index is 11.5. The normalized spacial score (nSPS) is 9.56. The summed E-state index contributed by atoms with van der Waals surface area (Å²) in [5, 5.41) is 13.6. The second-order valence-electron chi connectivity index (χ2n) is 3.13. The molecule has 0 radical (unpaired) electrons. The lowest BCUT2D eigenvalue weighted by Gasteiger charge is -2.10. The predicted octanol–water partition coefficient (Wildman–Crippen LogP) is 0.125. The van der Waals surface area contributed by atoms with Crippen molar-refractivity contribution in [2.75, 3.05) is 24.6 Å². The van der Waals surface area contributed by atoms with Gasteiger partial charge in [0.2, 0.25) is 0 Å². The van der Waals surface area contributed by atoms with Crippen LogP contribution in [0.4, 0.5) is 11.4 Å². The lowest BCUT2D eigenvalue weighted by Crippen LogP contribution is -2.21. The van der Waals surface area contributed by atoms with Gasteiger partial charge in [0, 0.05) is 18.4 Å². The van der Waals surface area contributed by atoms with Gasteiger partial charge >= 0.3 is 5.97 Å². The summed E-state index contributed by atoms with van der Waals surface area (Å²) < 4.78 is 0. The average Bonchev–Trinajstić information content (AvgIpc) is 2.25. The second-order valence-corrected chi connectivity index (χ2v) is 3.13. The van der Waals surface area contributed by atoms with Gasteiger partial charge in [0.05, 0.1) is 5.56 Å². The van der Waals surface area contributed by atoms with Crippen LogP contribution in [0.1, 0.15) is 10.4 Å². The highest BCUT2D eigenvalue weighted by Crippen LogP contribution is 2.18. The van der Waals surface area contributed by atoms with E-state index in [0.717, 1.165) is 0 Å². The largest absolute Gasteiger partial charge is 0.480 e. The van der Waals surface area contributed by atoms with E-state index in [1.807, 2.05) is 0 Å². The molecular weight excluding hydrogens is 210 g/mol. The number of anilines is 2. The van der Waals surface area contributed by atoms with Crippen LogP contribution >= 0.6 is 0 Å². The van der Waals surface area contributed by atoms with Crippen LogP contribution in [0, 0.1) is 0 Å². The zero-order valence-corrected chi connectivity index (χ0v) is 8.78. The summed E-state index contributed by atoms with van der Waals surface area (Å²) in [6.45, 7) is -0.270. The minimum absolute atomic E-state index is 0.270. The van der Waals surface area contributed by atoms with E-state index in [-0.39, 0.29) is 12.5 Å². The zero-order chi connectivity index (χ0) is 12.1. The third-order valence-corrected chi connectivity index (χ3v) is 1.95. The topological polar surface area (TPSA) is 104 Å². The third-order valence-electron chi connectivity index (χ3n) is 1.95. The number of benzene rings is 1. The Kier molecular flexibility index (Phi) is 3.71. The van der Waals surface area contributed by atoms with Gasteiger partial charge in [-0.2, -0.15) is 0 Å². The number of amides is 1. The molecule has 0 spiro atoms. The fourth-order valence-electron chi connectivity index (χ4n) is 1.21. The summed E-state index contributed by atoms with van der Waals surface area (Å²) >= 11 is 0. The van der Waals surface area contributed by atoms with Crippen molar-refractivity contribution in [2.24, 2.45) is 0 Å². The SMILES string of the molecule is CNC(=O)c1ccc(N)cc1NCC(=O)O. The molecule has 0 saturated carbocycles. The number of carboxylic acids is 1. The van der Waals surface area contributed by atoms with Crippen LogP contribution in [0.5, 0.6) is 0 Å². The summed E-state index contributed by atoms with van der Waals surface area (Å²) in [6.07, 6.45) is 0. The zero-order valence-electron chi connectivity index (χ0n) is 8.78. The molecule has 5 N–H and O–H groups in total. The molecule has 1 aromatic rings. The number of hydrogen-bond donors (Lipinski definition) is 4. The Morgan fingerprint density at radius 3 is 2.69 bits per heavy atom. The number of carbonyl (C=O) groups excluding carboxylic acids is 1. The Morgan fingerprint density at radius 2 is 2.12 bits per heavy atom. The minimum atomic E-state index is -1.01. The fourth-order valence-corrected chi connectivity index (χ4v) is 1.21. The Labute approximate surface area is 92.4 Å². The van der Waals surface area contributed by atoms with Gasteiger partial charge in [0.1, 0.15) is 6.54 Å². The fraction of sp³-hybridized carbons (Fsp3) is 0.200. The van der Waals surface area contributed by atoms with Crippen LogP contribution in [0.15, 0.2) is 18.2 Å². The van der Waals surface area contributed by atoms with E-state index in [0.29, 0.717) is 16.9 Å². The molecule has 0 aromatic heterocycles. The minimum Gasteiger partial charge on any atom is -0.480 e. The molecule has 0 heterocycles. The molecule has 0 aliphatic carbocycles. The van der Waals surface area contributed by atoms with Gasteiger partial charge in [-0.25, -0.2) is 0 Å². The lowest BCUT2D eigenvalue weighted by molar-refractivity contribution is -0.134. The third kappa shape index (κ3) is 2.88. The summed E-state index contributed by atoms with van der Waals surface area (Å²) in [6, 6.07) is 4.64. The van der Waals surface area contributed by atoms with E-state index >= 15 is 0 Å². The molecule has 0 bridgehead atoms. The molecule has 0 fully saturated rings. The first-order valence-electron chi connectivity index (χ1n) is 4.62. The average molecular weight is 223 g/mol. The van der Waals surface area contributed by atoms with Crippen LogP contribution < -0.4 is 16.4 Å². The molecule has 0 atom stereocenters. The number of carboxylic acid groups (broad SMARTS) is 1. The van der Waals surface area contributed by atoms with Gasteiger partial charge in [0.25, 0.3) is 5.91 Å². The summed E-state index contributed by atoms with van der Waals surface area (Å²) in [5.74, 6) is -1.31. The number of rotatable bonds is 4. The Bertz CT molecular complexity index is 418. The molecule has 1 amide bonds. The number of aliphatic carboxylic acids is 1. The first-order chi connectivity index (χ1) is 7.54. The first-order valence-corrected chi connectivity index (χ1v) is 4.62. The van der Waals surface area contributed by atoms with E-state index in [2.05, 4.69) is 10.6 Å². The van der Waals surface area contributed by atoms with Crippen LogP contribution in [-0.4, -0.2) is 30.6 Å². The van der Waals surface area contributed by atoms with E-state index in [1.54, 1.807) is 12.1 Å². The Balaban J connectivity index is 2.98. The molecule has 6 heteroatoms. The summed E-state index contributed by atoms with van der Waals surface area (Å²) in [4.78, 5) is 21.9. The van der Waals surface area contributed by atoms with Crippen molar-refractivity contribution in [1.82, 2.24) is 5.32 Å². The van der Waals surface area contributed by atoms with Gasteiger partial charge in [-0.1, -0.05) is 0 Å². The van der Waals surface area contributed by atoms with Crippen LogP contribution in [0.2, 0.25) is 0 Å². The highest BCUT2D eigenvalue weighted by Gasteiger charge is 2.10. The second kappa shape index (κ2) is 5.01. The van der Waals surface area contributed by atoms with Crippen molar-refractivity contribution in [1.29, 1.82) is 0 Å². The van der Waals surface area contributed by atoms with Gasteiger partial charge in [0.15, 0.2) is 0 Å². The van der Waals surface area contributed by atoms with Crippen molar-refractivity contribution in [2.45, 2.75) is 0 Å². The smallest absolute Gasteiger partial charge is 0.322 e. The number of nitrogens with two attached hydrogens (primary N) is 1. The molecule has 16 heavy (non-hydrogen) atoms. The molecule has 1 aromatic carbocycles. The van der Waals surface area contributed by atoms with Crippen molar-refractivity contribution in [3.8, 4) is 0 Å². The van der Waals surface area contributed by atoms with Crippen LogP contribution in [-0.2, 0) is 4.79 Å². The molecule has 0 aliphatic rings. The molecular formula is C10H13N3O3. The molecule has 0 saturated heterocycles. The Hall–Kier alpha value is -2.24. The molecule has 0 unspecified atom stereocenters. The highest BCUT2D eigenvalue weighted by atomic mass is 16.4. The summed E-state index contributed by atoms with van der Waals surface area (Å²) in [7, 11) is 1.50. The number of nitrogens with one attached hydrogen (secondary N) is 2. The molecule has 6 nitrogen and oxygen atoms in total. The maximum Gasteiger partial charge on any atom is 0.322 e. The van der Waals surface area contributed by atoms with E-state index in [1.165, 1.54) is 13.1 Å². The van der Waals surface area contributed by atoms with Gasteiger partial charge in [-0.3, -0.25) is 9.59 Å². The highest BCUT2D eigenvalue weighted by molar-refractivity contribution is 6.00. The van der Waals surface area contributed by atoms with Crippen LogP contribution in [0.25, 0.3) is 0 Å². The van der Waals surface area contributed by atoms with Crippen LogP contribution in [0.3, 0.4) is 0 Å². The molecule has 86 valence electrons.